The van der Waals surface area contributed by atoms with E-state index in [1.165, 1.54) is 4.68 Å². The van der Waals surface area contributed by atoms with Crippen LogP contribution >= 0.6 is 0 Å². The van der Waals surface area contributed by atoms with E-state index in [-0.39, 0.29) is 11.7 Å². The fourth-order valence-corrected chi connectivity index (χ4v) is 3.49. The molecule has 0 aliphatic carbocycles. The summed E-state index contributed by atoms with van der Waals surface area (Å²) in [7, 11) is 0. The van der Waals surface area contributed by atoms with E-state index in [0.29, 0.717) is 47.5 Å². The summed E-state index contributed by atoms with van der Waals surface area (Å²) in [6.07, 6.45) is 2.79. The molecule has 4 rings (SSSR count). The van der Waals surface area contributed by atoms with Crippen molar-refractivity contribution in [3.05, 3.63) is 69.9 Å². The van der Waals surface area contributed by atoms with Gasteiger partial charge in [-0.25, -0.2) is 0 Å². The Bertz CT molecular complexity index is 1300. The molecular weight excluding hydrogens is 410 g/mol. The molecule has 0 radical (unpaired) electrons. The molecule has 1 aliphatic rings. The van der Waals surface area contributed by atoms with Gasteiger partial charge in [0, 0.05) is 24.2 Å². The van der Waals surface area contributed by atoms with E-state index in [1.54, 1.807) is 48.7 Å². The lowest BCUT2D eigenvalue weighted by atomic mass is 9.96. The van der Waals surface area contributed by atoms with E-state index in [0.717, 1.165) is 5.56 Å². The molecule has 0 fully saturated rings. The molecule has 0 unspecified atom stereocenters. The Morgan fingerprint density at radius 1 is 1.28 bits per heavy atom. The van der Waals surface area contributed by atoms with Gasteiger partial charge in [-0.3, -0.25) is 9.59 Å². The Balaban J connectivity index is 1.70. The SMILES string of the molecule is CCC#CC(=O)Nc1cccc(-n2cc(-c3ccc4c(c3)CCNC4=O)c([N+](=O)[O-])n2)c1. The number of benzene rings is 2. The first-order chi connectivity index (χ1) is 15.5. The summed E-state index contributed by atoms with van der Waals surface area (Å²) < 4.78 is 1.40. The molecule has 0 atom stereocenters. The second kappa shape index (κ2) is 8.73. The number of hydrogen-bond acceptors (Lipinski definition) is 5. The van der Waals surface area contributed by atoms with Crippen LogP contribution in [0.3, 0.4) is 0 Å². The second-order valence-corrected chi connectivity index (χ2v) is 7.11. The molecule has 2 aromatic carbocycles. The first-order valence-corrected chi connectivity index (χ1v) is 10.0. The first-order valence-electron chi connectivity index (χ1n) is 10.0. The van der Waals surface area contributed by atoms with Crippen LogP contribution in [-0.4, -0.2) is 33.1 Å². The highest BCUT2D eigenvalue weighted by Crippen LogP contribution is 2.32. The average molecular weight is 429 g/mol. The number of nitrogens with zero attached hydrogens (tertiary/aromatic N) is 3. The van der Waals surface area contributed by atoms with Crippen LogP contribution in [0.25, 0.3) is 16.8 Å². The lowest BCUT2D eigenvalue weighted by Crippen LogP contribution is -2.31. The molecule has 32 heavy (non-hydrogen) atoms. The van der Waals surface area contributed by atoms with Gasteiger partial charge in [0.25, 0.3) is 11.8 Å². The zero-order valence-electron chi connectivity index (χ0n) is 17.2. The predicted octanol–water partition coefficient (Wildman–Crippen LogP) is 3.09. The van der Waals surface area contributed by atoms with Crippen LogP contribution in [0.5, 0.6) is 0 Å². The van der Waals surface area contributed by atoms with Gasteiger partial charge in [-0.1, -0.05) is 25.0 Å². The molecule has 1 aliphatic heterocycles. The number of carbonyl (C=O) groups is 2. The number of nitro groups is 1. The third-order valence-corrected chi connectivity index (χ3v) is 4.96. The Morgan fingerprint density at radius 3 is 2.91 bits per heavy atom. The third-order valence-electron chi connectivity index (χ3n) is 4.96. The maximum Gasteiger partial charge on any atom is 0.398 e. The fourth-order valence-electron chi connectivity index (χ4n) is 3.49. The first kappa shape index (κ1) is 20.8. The van der Waals surface area contributed by atoms with E-state index in [1.807, 2.05) is 6.92 Å². The van der Waals surface area contributed by atoms with Gasteiger partial charge < -0.3 is 20.7 Å². The van der Waals surface area contributed by atoms with Crippen LogP contribution in [0.2, 0.25) is 0 Å². The molecule has 0 bridgehead atoms. The molecule has 0 spiro atoms. The van der Waals surface area contributed by atoms with Gasteiger partial charge in [-0.15, -0.1) is 4.68 Å². The summed E-state index contributed by atoms with van der Waals surface area (Å²) in [5.41, 5.74) is 3.40. The number of rotatable bonds is 4. The second-order valence-electron chi connectivity index (χ2n) is 7.11. The summed E-state index contributed by atoms with van der Waals surface area (Å²) in [6.45, 7) is 2.37. The molecule has 0 saturated heterocycles. The third kappa shape index (κ3) is 4.20. The van der Waals surface area contributed by atoms with Gasteiger partial charge >= 0.3 is 5.82 Å². The Kier molecular flexibility index (Phi) is 5.68. The summed E-state index contributed by atoms with van der Waals surface area (Å²) in [4.78, 5) is 35.0. The smallest absolute Gasteiger partial charge is 0.358 e. The van der Waals surface area contributed by atoms with Crippen molar-refractivity contribution in [3.8, 4) is 28.7 Å². The number of hydrogen-bond donors (Lipinski definition) is 2. The van der Waals surface area contributed by atoms with Crippen molar-refractivity contribution in [2.45, 2.75) is 19.8 Å². The molecule has 2 N–H and O–H groups in total. The van der Waals surface area contributed by atoms with Gasteiger partial charge in [0.05, 0.1) is 17.0 Å². The van der Waals surface area contributed by atoms with Crippen LogP contribution in [0, 0.1) is 22.0 Å². The monoisotopic (exact) mass is 429 g/mol. The van der Waals surface area contributed by atoms with Gasteiger partial charge in [0.15, 0.2) is 0 Å². The van der Waals surface area contributed by atoms with Crippen LogP contribution in [0.4, 0.5) is 11.5 Å². The molecular formula is C23H19N5O4. The summed E-state index contributed by atoms with van der Waals surface area (Å²) in [6, 6.07) is 11.9. The van der Waals surface area contributed by atoms with Gasteiger partial charge in [-0.2, -0.15) is 0 Å². The zero-order valence-corrected chi connectivity index (χ0v) is 17.2. The molecule has 1 aromatic heterocycles. The van der Waals surface area contributed by atoms with E-state index >= 15 is 0 Å². The Morgan fingerprint density at radius 2 is 2.12 bits per heavy atom. The van der Waals surface area contributed by atoms with Crippen molar-refractivity contribution < 1.29 is 14.5 Å². The predicted molar refractivity (Wildman–Crippen MR) is 118 cm³/mol. The lowest BCUT2D eigenvalue weighted by Gasteiger charge is -2.16. The van der Waals surface area contributed by atoms with Crippen LogP contribution in [0.15, 0.2) is 48.7 Å². The number of carbonyl (C=O) groups excluding carboxylic acids is 2. The minimum Gasteiger partial charge on any atom is -0.358 e. The molecule has 3 aromatic rings. The molecule has 9 nitrogen and oxygen atoms in total. The largest absolute Gasteiger partial charge is 0.398 e. The Hall–Kier alpha value is -4.45. The average Bonchev–Trinajstić information content (AvgIpc) is 3.24. The number of anilines is 1. The fraction of sp³-hybridized carbons (Fsp3) is 0.174. The van der Waals surface area contributed by atoms with Crippen molar-refractivity contribution in [2.24, 2.45) is 0 Å². The standard InChI is InChI=1S/C23H19N5O4/c1-2-3-7-21(29)25-17-5-4-6-18(13-17)27-14-20(22(26-27)28(31)32)15-8-9-19-16(12-15)10-11-24-23(19)30/h4-6,8-9,12-14H,2,10-11H2,1H3,(H,24,30)(H,25,29). The van der Waals surface area contributed by atoms with Crippen molar-refractivity contribution >= 4 is 23.3 Å². The molecule has 2 heterocycles. The van der Waals surface area contributed by atoms with Crippen LogP contribution in [-0.2, 0) is 11.2 Å². The number of nitrogens with one attached hydrogen (secondary N) is 2. The van der Waals surface area contributed by atoms with Gasteiger partial charge in [0.1, 0.15) is 5.56 Å². The maximum absolute atomic E-state index is 12.0. The van der Waals surface area contributed by atoms with E-state index in [4.69, 9.17) is 0 Å². The summed E-state index contributed by atoms with van der Waals surface area (Å²) in [5.74, 6) is 4.30. The Labute approximate surface area is 183 Å². The van der Waals surface area contributed by atoms with Gasteiger partial charge in [0.2, 0.25) is 0 Å². The highest BCUT2D eigenvalue weighted by atomic mass is 16.6. The van der Waals surface area contributed by atoms with Crippen LogP contribution in [0.1, 0.15) is 29.3 Å². The highest BCUT2D eigenvalue weighted by molar-refractivity contribution is 6.04. The van der Waals surface area contributed by atoms with Crippen molar-refractivity contribution in [1.29, 1.82) is 0 Å². The van der Waals surface area contributed by atoms with E-state index < -0.39 is 10.8 Å². The number of aromatic nitrogens is 2. The van der Waals surface area contributed by atoms with Crippen molar-refractivity contribution in [3.63, 3.8) is 0 Å². The summed E-state index contributed by atoms with van der Waals surface area (Å²) >= 11 is 0. The molecule has 9 heteroatoms. The summed E-state index contributed by atoms with van der Waals surface area (Å²) in [5, 5.41) is 21.3. The molecule has 2 amide bonds. The topological polar surface area (TPSA) is 119 Å². The quantitative estimate of drug-likeness (QED) is 0.375. The number of amides is 2. The minimum absolute atomic E-state index is 0.148. The van der Waals surface area contributed by atoms with Gasteiger partial charge in [-0.05, 0) is 58.7 Å². The molecule has 160 valence electrons. The van der Waals surface area contributed by atoms with Crippen molar-refractivity contribution in [2.75, 3.05) is 11.9 Å². The van der Waals surface area contributed by atoms with E-state index in [2.05, 4.69) is 27.6 Å². The van der Waals surface area contributed by atoms with E-state index in [9.17, 15) is 19.7 Å². The zero-order chi connectivity index (χ0) is 22.7. The minimum atomic E-state index is -0.538. The number of fused-ring (bicyclic) bond motifs is 1. The molecule has 0 saturated carbocycles. The van der Waals surface area contributed by atoms with Crippen LogP contribution < -0.4 is 10.6 Å². The van der Waals surface area contributed by atoms with Crippen molar-refractivity contribution in [1.82, 2.24) is 15.1 Å². The normalized spacial score (nSPS) is 12.2. The maximum atomic E-state index is 12.0. The highest BCUT2D eigenvalue weighted by Gasteiger charge is 2.25. The lowest BCUT2D eigenvalue weighted by molar-refractivity contribution is -0.389.